The normalized spacial score (nSPS) is 15.9. The molecule has 5 aromatic heterocycles. The van der Waals surface area contributed by atoms with Crippen LogP contribution in [-0.4, -0.2) is 56.9 Å². The molecular weight excluding hydrogens is 478 g/mol. The third-order valence-corrected chi connectivity index (χ3v) is 6.17. The van der Waals surface area contributed by atoms with Crippen molar-refractivity contribution < 1.29 is 9.21 Å². The highest BCUT2D eigenvalue weighted by Crippen LogP contribution is 2.35. The highest BCUT2D eigenvalue weighted by atomic mass is 79.9. The number of halogens is 1. The average Bonchev–Trinajstić information content (AvgIpc) is 3.57. The Morgan fingerprint density at radius 3 is 3.06 bits per heavy atom. The lowest BCUT2D eigenvalue weighted by molar-refractivity contribution is 0.0646. The van der Waals surface area contributed by atoms with E-state index in [9.17, 15) is 4.79 Å². The van der Waals surface area contributed by atoms with E-state index in [4.69, 9.17) is 9.52 Å². The average molecular weight is 494 g/mol. The van der Waals surface area contributed by atoms with Crippen LogP contribution in [0.2, 0.25) is 0 Å². The Bertz CT molecular complexity index is 1460. The van der Waals surface area contributed by atoms with Crippen LogP contribution in [0.5, 0.6) is 0 Å². The van der Waals surface area contributed by atoms with Crippen molar-refractivity contribution in [2.45, 2.75) is 12.5 Å². The van der Waals surface area contributed by atoms with Crippen molar-refractivity contribution in [2.24, 2.45) is 7.05 Å². The fourth-order valence-electron chi connectivity index (χ4n) is 4.01. The number of carbonyl (C=O) groups excluding carboxylic acids is 1. The van der Waals surface area contributed by atoms with Gasteiger partial charge in [-0.15, -0.1) is 10.2 Å². The van der Waals surface area contributed by atoms with Gasteiger partial charge in [0.05, 0.1) is 35.0 Å². The van der Waals surface area contributed by atoms with Gasteiger partial charge >= 0.3 is 11.8 Å². The van der Waals surface area contributed by atoms with Gasteiger partial charge in [-0.05, 0) is 34.1 Å². The Labute approximate surface area is 189 Å². The standard InChI is InChI=1S/C20H16BrN9O2/c1-28-9-11(8-24-28)18-25-26-19(32-18)20(31)29-6-4-13-16(23-10-22-13)17(29)14-7-15-12(21)3-2-5-30(15)27-14/h2-3,5,7-10,17H,4,6H2,1H3,(H,22,23). The number of rotatable bonds is 3. The van der Waals surface area contributed by atoms with Gasteiger partial charge in [-0.3, -0.25) is 9.48 Å². The monoisotopic (exact) mass is 493 g/mol. The molecule has 5 aromatic rings. The second-order valence-electron chi connectivity index (χ2n) is 7.49. The van der Waals surface area contributed by atoms with E-state index in [1.807, 2.05) is 24.4 Å². The largest absolute Gasteiger partial charge is 0.412 e. The van der Waals surface area contributed by atoms with Crippen molar-refractivity contribution in [1.29, 1.82) is 0 Å². The molecule has 1 aliphatic heterocycles. The second kappa shape index (κ2) is 7.12. The first-order valence-corrected chi connectivity index (χ1v) is 10.7. The molecule has 32 heavy (non-hydrogen) atoms. The van der Waals surface area contributed by atoms with Gasteiger partial charge in [0.25, 0.3) is 5.89 Å². The van der Waals surface area contributed by atoms with Crippen LogP contribution in [0.25, 0.3) is 17.0 Å². The maximum Gasteiger partial charge on any atom is 0.312 e. The summed E-state index contributed by atoms with van der Waals surface area (Å²) in [5, 5.41) is 16.9. The third kappa shape index (κ3) is 2.94. The lowest BCUT2D eigenvalue weighted by atomic mass is 9.99. The van der Waals surface area contributed by atoms with Gasteiger partial charge in [0.2, 0.25) is 0 Å². The number of aryl methyl sites for hydroxylation is 1. The van der Waals surface area contributed by atoms with E-state index in [0.29, 0.717) is 24.2 Å². The molecule has 1 atom stereocenters. The Kier molecular flexibility index (Phi) is 4.21. The minimum atomic E-state index is -0.488. The molecule has 0 aliphatic carbocycles. The van der Waals surface area contributed by atoms with Gasteiger partial charge in [0.1, 0.15) is 6.04 Å². The van der Waals surface area contributed by atoms with Crippen LogP contribution in [-0.2, 0) is 13.5 Å². The summed E-state index contributed by atoms with van der Waals surface area (Å²) in [6.45, 7) is 0.457. The van der Waals surface area contributed by atoms with Crippen LogP contribution >= 0.6 is 15.9 Å². The second-order valence-corrected chi connectivity index (χ2v) is 8.34. The molecule has 6 heterocycles. The first kappa shape index (κ1) is 18.9. The molecule has 1 N–H and O–H groups in total. The summed E-state index contributed by atoms with van der Waals surface area (Å²) in [5.41, 5.74) is 3.99. The quantitative estimate of drug-likeness (QED) is 0.409. The summed E-state index contributed by atoms with van der Waals surface area (Å²) < 4.78 is 10.0. The number of hydrogen-bond donors (Lipinski definition) is 1. The minimum Gasteiger partial charge on any atom is -0.412 e. The molecule has 0 spiro atoms. The Morgan fingerprint density at radius 2 is 2.25 bits per heavy atom. The molecule has 0 radical (unpaired) electrons. The van der Waals surface area contributed by atoms with E-state index in [-0.39, 0.29) is 17.7 Å². The molecule has 6 rings (SSSR count). The smallest absolute Gasteiger partial charge is 0.312 e. The molecule has 1 amide bonds. The van der Waals surface area contributed by atoms with Crippen molar-refractivity contribution >= 4 is 27.4 Å². The van der Waals surface area contributed by atoms with Crippen molar-refractivity contribution in [1.82, 2.24) is 44.5 Å². The number of aromatic nitrogens is 8. The van der Waals surface area contributed by atoms with E-state index in [1.165, 1.54) is 0 Å². The zero-order valence-electron chi connectivity index (χ0n) is 16.8. The van der Waals surface area contributed by atoms with E-state index in [1.54, 1.807) is 39.9 Å². The van der Waals surface area contributed by atoms with Gasteiger partial charge in [-0.25, -0.2) is 9.50 Å². The van der Waals surface area contributed by atoms with Crippen LogP contribution in [0.1, 0.15) is 33.8 Å². The summed E-state index contributed by atoms with van der Waals surface area (Å²) in [7, 11) is 1.79. The molecular formula is C20H16BrN9O2. The van der Waals surface area contributed by atoms with Gasteiger partial charge in [0.15, 0.2) is 0 Å². The first-order valence-electron chi connectivity index (χ1n) is 9.88. The summed E-state index contributed by atoms with van der Waals surface area (Å²) in [4.78, 5) is 22.8. The summed E-state index contributed by atoms with van der Waals surface area (Å²) >= 11 is 3.56. The maximum atomic E-state index is 13.5. The molecule has 0 saturated carbocycles. The Hall–Kier alpha value is -3.80. The van der Waals surface area contributed by atoms with Gasteiger partial charge < -0.3 is 14.3 Å². The summed E-state index contributed by atoms with van der Waals surface area (Å²) in [6, 6.07) is 5.31. The Balaban J connectivity index is 1.41. The van der Waals surface area contributed by atoms with E-state index in [0.717, 1.165) is 21.4 Å². The highest BCUT2D eigenvalue weighted by Gasteiger charge is 2.38. The molecule has 0 fully saturated rings. The molecule has 1 unspecified atom stereocenters. The SMILES string of the molecule is Cn1cc(-c2nnc(C(=O)N3CCc4[nH]cnc4C3c3cc4c(Br)cccn4n3)o2)cn1. The molecule has 1 aliphatic rings. The molecule has 12 heteroatoms. The van der Waals surface area contributed by atoms with E-state index >= 15 is 0 Å². The van der Waals surface area contributed by atoms with Crippen LogP contribution < -0.4 is 0 Å². The number of nitrogens with one attached hydrogen (secondary N) is 1. The molecule has 0 saturated heterocycles. The van der Waals surface area contributed by atoms with Gasteiger partial charge in [0, 0.05) is 42.6 Å². The van der Waals surface area contributed by atoms with Crippen molar-refractivity contribution in [3.63, 3.8) is 0 Å². The van der Waals surface area contributed by atoms with Crippen molar-refractivity contribution in [3.05, 3.63) is 70.6 Å². The van der Waals surface area contributed by atoms with Crippen LogP contribution in [0.15, 0.2) is 52.0 Å². The number of fused-ring (bicyclic) bond motifs is 2. The number of amides is 1. The van der Waals surface area contributed by atoms with Crippen LogP contribution in [0.4, 0.5) is 0 Å². The lowest BCUT2D eigenvalue weighted by Crippen LogP contribution is -2.41. The molecule has 160 valence electrons. The van der Waals surface area contributed by atoms with E-state index in [2.05, 4.69) is 41.2 Å². The number of hydrogen-bond acceptors (Lipinski definition) is 7. The zero-order valence-corrected chi connectivity index (χ0v) is 18.4. The van der Waals surface area contributed by atoms with Crippen molar-refractivity contribution in [3.8, 4) is 11.5 Å². The number of nitrogens with zero attached hydrogens (tertiary/aromatic N) is 8. The predicted molar refractivity (Wildman–Crippen MR) is 115 cm³/mol. The topological polar surface area (TPSA) is 123 Å². The first-order chi connectivity index (χ1) is 15.6. The summed E-state index contributed by atoms with van der Waals surface area (Å²) in [6.07, 6.45) is 7.50. The fourth-order valence-corrected chi connectivity index (χ4v) is 4.46. The maximum absolute atomic E-state index is 13.5. The highest BCUT2D eigenvalue weighted by molar-refractivity contribution is 9.10. The van der Waals surface area contributed by atoms with Crippen LogP contribution in [0.3, 0.4) is 0 Å². The minimum absolute atomic E-state index is 0.0854. The lowest BCUT2D eigenvalue weighted by Gasteiger charge is -2.32. The number of carbonyl (C=O) groups is 1. The third-order valence-electron chi connectivity index (χ3n) is 5.49. The predicted octanol–water partition coefficient (Wildman–Crippen LogP) is 2.39. The molecule has 11 nitrogen and oxygen atoms in total. The molecule has 0 bridgehead atoms. The van der Waals surface area contributed by atoms with Crippen molar-refractivity contribution in [2.75, 3.05) is 6.54 Å². The van der Waals surface area contributed by atoms with Crippen LogP contribution in [0, 0.1) is 0 Å². The van der Waals surface area contributed by atoms with Gasteiger partial charge in [-0.2, -0.15) is 10.2 Å². The number of aromatic amines is 1. The number of pyridine rings is 1. The molecule has 0 aromatic carbocycles. The number of imidazole rings is 1. The fraction of sp³-hybridized carbons (Fsp3) is 0.200. The number of H-pyrrole nitrogens is 1. The van der Waals surface area contributed by atoms with Gasteiger partial charge in [-0.1, -0.05) is 0 Å². The van der Waals surface area contributed by atoms with E-state index < -0.39 is 6.04 Å². The Morgan fingerprint density at radius 1 is 1.34 bits per heavy atom. The zero-order chi connectivity index (χ0) is 21.8. The summed E-state index contributed by atoms with van der Waals surface area (Å²) in [5.74, 6) is -0.215.